The van der Waals surface area contributed by atoms with Gasteiger partial charge in [0.25, 0.3) is 0 Å². The highest BCUT2D eigenvalue weighted by atomic mass is 32.2. The lowest BCUT2D eigenvalue weighted by Crippen LogP contribution is -2.29. The van der Waals surface area contributed by atoms with E-state index in [0.29, 0.717) is 12.1 Å². The van der Waals surface area contributed by atoms with E-state index in [1.54, 1.807) is 18.1 Å². The molecule has 0 saturated heterocycles. The molecule has 2 aromatic carbocycles. The number of nitrogens with one attached hydrogen (secondary N) is 1. The normalized spacial score (nSPS) is 18.4. The quantitative estimate of drug-likeness (QED) is 0.221. The molecule has 34 heavy (non-hydrogen) atoms. The number of hydrogen-bond donors (Lipinski definition) is 4. The highest BCUT2D eigenvalue weighted by Crippen LogP contribution is 2.37. The summed E-state index contributed by atoms with van der Waals surface area (Å²) in [7, 11) is 0. The van der Waals surface area contributed by atoms with E-state index in [0.717, 1.165) is 35.7 Å². The van der Waals surface area contributed by atoms with E-state index in [4.69, 9.17) is 16.3 Å². The zero-order valence-corrected chi connectivity index (χ0v) is 21.0. The van der Waals surface area contributed by atoms with Gasteiger partial charge >= 0.3 is 5.97 Å². The van der Waals surface area contributed by atoms with Crippen molar-refractivity contribution < 1.29 is 14.6 Å². The van der Waals surface area contributed by atoms with Gasteiger partial charge in [0.15, 0.2) is 0 Å². The smallest absolute Gasteiger partial charge is 0.303 e. The molecule has 6 N–H and O–H groups in total. The maximum Gasteiger partial charge on any atom is 0.303 e. The Hall–Kier alpha value is -2.68. The number of nitrogens with zero attached hydrogens (tertiary/aromatic N) is 1. The molecule has 0 aromatic heterocycles. The number of fused-ring (bicyclic) bond motifs is 1. The molecule has 0 amide bonds. The number of aryl methyl sites for hydroxylation is 1. The van der Waals surface area contributed by atoms with Gasteiger partial charge in [-0.2, -0.15) is 0 Å². The molecule has 2 unspecified atom stereocenters. The van der Waals surface area contributed by atoms with Crippen molar-refractivity contribution in [1.82, 2.24) is 9.73 Å². The Morgan fingerprint density at radius 3 is 2.82 bits per heavy atom. The number of rotatable bonds is 10. The first kappa shape index (κ1) is 25.9. The Kier molecular flexibility index (Phi) is 9.27. The van der Waals surface area contributed by atoms with Crippen molar-refractivity contribution >= 4 is 17.9 Å². The average molecular weight is 485 g/mol. The number of hydrogen-bond acceptors (Lipinski definition) is 7. The molecule has 1 aliphatic rings. The molecule has 8 heteroatoms. The minimum absolute atomic E-state index is 0.00900. The zero-order chi connectivity index (χ0) is 24.7. The topological polar surface area (TPSA) is 114 Å². The third-order valence-electron chi connectivity index (χ3n) is 6.30. The second kappa shape index (κ2) is 12.1. The van der Waals surface area contributed by atoms with Crippen LogP contribution in [0.15, 0.2) is 59.3 Å². The number of nitrogens with two attached hydrogens (primary N) is 2. The SMILES string of the molecule is CC[C@@H]1CN(Cc2cc(C(CC(=O)O)CC(C)/C(N)=C/NN)ccc2C)Sc2ccccc2O1. The third-order valence-corrected chi connectivity index (χ3v) is 7.37. The second-order valence-electron chi connectivity index (χ2n) is 8.94. The summed E-state index contributed by atoms with van der Waals surface area (Å²) in [6.07, 6.45) is 3.27. The van der Waals surface area contributed by atoms with E-state index in [1.165, 1.54) is 11.1 Å². The van der Waals surface area contributed by atoms with Crippen molar-refractivity contribution in [2.24, 2.45) is 17.5 Å². The van der Waals surface area contributed by atoms with Crippen LogP contribution in [0, 0.1) is 12.8 Å². The maximum absolute atomic E-state index is 11.6. The van der Waals surface area contributed by atoms with Gasteiger partial charge in [-0.3, -0.25) is 10.6 Å². The Bertz CT molecular complexity index is 1010. The molecule has 7 nitrogen and oxygen atoms in total. The van der Waals surface area contributed by atoms with Gasteiger partial charge in [-0.1, -0.05) is 44.2 Å². The molecule has 0 fully saturated rings. The largest absolute Gasteiger partial charge is 0.488 e. The van der Waals surface area contributed by atoms with Crippen LogP contribution >= 0.6 is 11.9 Å². The number of allylic oxidation sites excluding steroid dienone is 1. The highest BCUT2D eigenvalue weighted by molar-refractivity contribution is 7.97. The molecule has 184 valence electrons. The summed E-state index contributed by atoms with van der Waals surface area (Å²) in [5, 5.41) is 9.56. The minimum Gasteiger partial charge on any atom is -0.488 e. The van der Waals surface area contributed by atoms with E-state index >= 15 is 0 Å². The monoisotopic (exact) mass is 484 g/mol. The van der Waals surface area contributed by atoms with Crippen LogP contribution in [0.4, 0.5) is 0 Å². The summed E-state index contributed by atoms with van der Waals surface area (Å²) in [5.74, 6) is 5.31. The molecule has 0 radical (unpaired) electrons. The predicted molar refractivity (Wildman–Crippen MR) is 137 cm³/mol. The number of hydrazine groups is 1. The van der Waals surface area contributed by atoms with Gasteiger partial charge in [0.2, 0.25) is 0 Å². The van der Waals surface area contributed by atoms with Crippen LogP contribution in [-0.2, 0) is 11.3 Å². The molecule has 0 bridgehead atoms. The Morgan fingerprint density at radius 1 is 1.35 bits per heavy atom. The number of carboxylic acids is 1. The number of carbonyl (C=O) groups is 1. The molecule has 3 rings (SSSR count). The number of benzene rings is 2. The van der Waals surface area contributed by atoms with Crippen molar-refractivity contribution in [3.63, 3.8) is 0 Å². The van der Waals surface area contributed by atoms with Crippen molar-refractivity contribution in [2.75, 3.05) is 6.54 Å². The summed E-state index contributed by atoms with van der Waals surface area (Å²) in [6.45, 7) is 7.79. The van der Waals surface area contributed by atoms with Crippen molar-refractivity contribution in [3.8, 4) is 5.75 Å². The van der Waals surface area contributed by atoms with Gasteiger partial charge in [0.1, 0.15) is 11.9 Å². The lowest BCUT2D eigenvalue weighted by atomic mass is 9.85. The predicted octanol–water partition coefficient (Wildman–Crippen LogP) is 4.52. The van der Waals surface area contributed by atoms with Crippen molar-refractivity contribution in [3.05, 3.63) is 71.1 Å². The Morgan fingerprint density at radius 2 is 2.12 bits per heavy atom. The summed E-state index contributed by atoms with van der Waals surface area (Å²) in [4.78, 5) is 12.8. The molecule has 1 heterocycles. The summed E-state index contributed by atoms with van der Waals surface area (Å²) in [5.41, 5.74) is 12.6. The van der Waals surface area contributed by atoms with E-state index in [1.807, 2.05) is 31.2 Å². The molecular weight excluding hydrogens is 448 g/mol. The fourth-order valence-electron chi connectivity index (χ4n) is 4.21. The molecule has 0 spiro atoms. The average Bonchev–Trinajstić information content (AvgIpc) is 2.98. The Balaban J connectivity index is 1.85. The molecule has 3 atom stereocenters. The summed E-state index contributed by atoms with van der Waals surface area (Å²) in [6, 6.07) is 14.5. The summed E-state index contributed by atoms with van der Waals surface area (Å²) >= 11 is 1.72. The molecule has 0 saturated carbocycles. The van der Waals surface area contributed by atoms with Crippen LogP contribution < -0.4 is 21.7 Å². The maximum atomic E-state index is 11.6. The van der Waals surface area contributed by atoms with Gasteiger partial charge in [-0.05, 0) is 72.4 Å². The lowest BCUT2D eigenvalue weighted by molar-refractivity contribution is -0.137. The van der Waals surface area contributed by atoms with Crippen molar-refractivity contribution in [1.29, 1.82) is 0 Å². The van der Waals surface area contributed by atoms with Gasteiger partial charge in [-0.15, -0.1) is 0 Å². The standard InChI is InChI=1S/C26H36N4O3S/c1-4-22-16-30(34-25-8-6-5-7-24(25)33-22)15-21-12-19(10-9-17(21)2)20(13-26(31)32)11-18(3)23(27)14-29-28/h5-10,12,14,18,20,22,29H,4,11,13,15-16,27-28H2,1-3H3,(H,31,32)/b23-14-/t18?,20?,22-/m1/s1. The Labute approximate surface area is 206 Å². The molecule has 0 aliphatic carbocycles. The molecule has 2 aromatic rings. The zero-order valence-electron chi connectivity index (χ0n) is 20.2. The molecular formula is C26H36N4O3S. The highest BCUT2D eigenvalue weighted by Gasteiger charge is 2.24. The van der Waals surface area contributed by atoms with Gasteiger partial charge in [-0.25, -0.2) is 4.31 Å². The fourth-order valence-corrected chi connectivity index (χ4v) is 5.28. The van der Waals surface area contributed by atoms with E-state index in [-0.39, 0.29) is 24.4 Å². The third kappa shape index (κ3) is 6.91. The van der Waals surface area contributed by atoms with Crippen molar-refractivity contribution in [2.45, 2.75) is 63.5 Å². The van der Waals surface area contributed by atoms with Gasteiger partial charge in [0, 0.05) is 25.0 Å². The summed E-state index contributed by atoms with van der Waals surface area (Å²) < 4.78 is 8.58. The number of ether oxygens (including phenoxy) is 1. The first-order valence-corrected chi connectivity index (χ1v) is 12.5. The number of aliphatic carboxylic acids is 1. The lowest BCUT2D eigenvalue weighted by Gasteiger charge is -2.25. The van der Waals surface area contributed by atoms with Gasteiger partial charge < -0.3 is 21.0 Å². The van der Waals surface area contributed by atoms with Crippen LogP contribution in [-0.4, -0.2) is 28.0 Å². The fraction of sp³-hybridized carbons (Fsp3) is 0.423. The first-order chi connectivity index (χ1) is 16.3. The van der Waals surface area contributed by atoms with Crippen LogP contribution in [0.3, 0.4) is 0 Å². The van der Waals surface area contributed by atoms with E-state index < -0.39 is 5.97 Å². The number of carboxylic acid groups (broad SMARTS) is 1. The van der Waals surface area contributed by atoms with Gasteiger partial charge in [0.05, 0.1) is 11.3 Å². The second-order valence-corrected chi connectivity index (χ2v) is 10.1. The van der Waals surface area contributed by atoms with E-state index in [2.05, 4.69) is 41.8 Å². The van der Waals surface area contributed by atoms with Crippen LogP contribution in [0.1, 0.15) is 55.7 Å². The van der Waals surface area contributed by atoms with Crippen LogP contribution in [0.5, 0.6) is 5.75 Å². The van der Waals surface area contributed by atoms with E-state index in [9.17, 15) is 9.90 Å². The first-order valence-electron chi connectivity index (χ1n) is 11.7. The minimum atomic E-state index is -0.818. The number of para-hydroxylation sites is 1. The van der Waals surface area contributed by atoms with Crippen LogP contribution in [0.2, 0.25) is 0 Å². The molecule has 1 aliphatic heterocycles. The van der Waals surface area contributed by atoms with Crippen LogP contribution in [0.25, 0.3) is 0 Å².